The number of aromatic nitrogens is 2. The number of benzene rings is 1. The van der Waals surface area contributed by atoms with Crippen molar-refractivity contribution in [1.29, 1.82) is 0 Å². The van der Waals surface area contributed by atoms with E-state index in [4.69, 9.17) is 4.74 Å². The molecule has 2 amide bonds. The number of carbonyl (C=O) groups excluding carboxylic acids is 2. The second kappa shape index (κ2) is 6.14. The summed E-state index contributed by atoms with van der Waals surface area (Å²) in [6.45, 7) is 3.24. The molecule has 1 N–H and O–H groups in total. The topological polar surface area (TPSA) is 87.9 Å². The standard InChI is InChI=1S/C18H20N4O4/c1-11(23)14-8-13-9-21(5-6-22(13)19-14)18(25)12-3-4-16-15(7-12)20(2)17(24)10-26-16/h3-4,7-8,11,23H,5-6,9-10H2,1-2H3/t11-/m1/s1. The van der Waals surface area contributed by atoms with Crippen LogP contribution in [0.3, 0.4) is 0 Å². The molecule has 0 saturated carbocycles. The minimum absolute atomic E-state index is 0.0124. The normalized spacial score (nSPS) is 17.4. The SMILES string of the molecule is C[C@@H](O)c1cc2n(n1)CCN(C(=O)c1ccc3c(c1)N(C)C(=O)CO3)C2. The molecule has 0 spiro atoms. The molecule has 1 aromatic heterocycles. The van der Waals surface area contributed by atoms with Gasteiger partial charge in [0.05, 0.1) is 36.3 Å². The van der Waals surface area contributed by atoms with E-state index in [-0.39, 0.29) is 18.4 Å². The highest BCUT2D eigenvalue weighted by molar-refractivity contribution is 6.01. The quantitative estimate of drug-likeness (QED) is 0.866. The lowest BCUT2D eigenvalue weighted by atomic mass is 10.1. The van der Waals surface area contributed by atoms with Crippen LogP contribution in [-0.4, -0.2) is 51.8 Å². The highest BCUT2D eigenvalue weighted by atomic mass is 16.5. The van der Waals surface area contributed by atoms with Crippen molar-refractivity contribution in [1.82, 2.24) is 14.7 Å². The van der Waals surface area contributed by atoms with E-state index in [9.17, 15) is 14.7 Å². The van der Waals surface area contributed by atoms with Gasteiger partial charge in [-0.15, -0.1) is 0 Å². The Kier molecular flexibility index (Phi) is 3.91. The predicted molar refractivity (Wildman–Crippen MR) is 92.9 cm³/mol. The van der Waals surface area contributed by atoms with Gasteiger partial charge in [-0.25, -0.2) is 0 Å². The van der Waals surface area contributed by atoms with Crippen LogP contribution in [0.4, 0.5) is 5.69 Å². The fourth-order valence-electron chi connectivity index (χ4n) is 3.25. The van der Waals surface area contributed by atoms with Gasteiger partial charge in [-0.1, -0.05) is 0 Å². The molecule has 2 aliphatic rings. The lowest BCUT2D eigenvalue weighted by Gasteiger charge is -2.29. The van der Waals surface area contributed by atoms with Crippen molar-refractivity contribution < 1.29 is 19.4 Å². The summed E-state index contributed by atoms with van der Waals surface area (Å²) in [7, 11) is 1.68. The predicted octanol–water partition coefficient (Wildman–Crippen LogP) is 0.948. The number of hydrogen-bond donors (Lipinski definition) is 1. The number of hydrogen-bond acceptors (Lipinski definition) is 5. The average molecular weight is 356 g/mol. The smallest absolute Gasteiger partial charge is 0.264 e. The third kappa shape index (κ3) is 2.72. The first kappa shape index (κ1) is 16.6. The Labute approximate surface area is 150 Å². The molecule has 1 aromatic carbocycles. The van der Waals surface area contributed by atoms with Crippen LogP contribution in [0.25, 0.3) is 0 Å². The Morgan fingerprint density at radius 3 is 2.88 bits per heavy atom. The number of fused-ring (bicyclic) bond motifs is 2. The Bertz CT molecular complexity index is 889. The highest BCUT2D eigenvalue weighted by Crippen LogP contribution is 2.32. The molecule has 0 radical (unpaired) electrons. The maximum atomic E-state index is 12.9. The van der Waals surface area contributed by atoms with Crippen LogP contribution in [0.2, 0.25) is 0 Å². The zero-order valence-electron chi connectivity index (χ0n) is 14.7. The van der Waals surface area contributed by atoms with Gasteiger partial charge in [-0.2, -0.15) is 5.10 Å². The molecule has 26 heavy (non-hydrogen) atoms. The third-order valence-corrected chi connectivity index (χ3v) is 4.82. The molecular weight excluding hydrogens is 336 g/mol. The summed E-state index contributed by atoms with van der Waals surface area (Å²) in [5, 5.41) is 14.0. The molecule has 0 fully saturated rings. The Morgan fingerprint density at radius 1 is 1.31 bits per heavy atom. The Balaban J connectivity index is 1.58. The molecule has 1 atom stereocenters. The summed E-state index contributed by atoms with van der Waals surface area (Å²) in [5.74, 6) is 0.349. The van der Waals surface area contributed by atoms with Crippen molar-refractivity contribution in [2.24, 2.45) is 0 Å². The third-order valence-electron chi connectivity index (χ3n) is 4.82. The molecule has 136 valence electrons. The molecular formula is C18H20N4O4. The fraction of sp³-hybridized carbons (Fsp3) is 0.389. The maximum Gasteiger partial charge on any atom is 0.264 e. The Hall–Kier alpha value is -2.87. The molecule has 0 saturated heterocycles. The van der Waals surface area contributed by atoms with Gasteiger partial charge in [0.15, 0.2) is 6.61 Å². The van der Waals surface area contributed by atoms with Crippen molar-refractivity contribution >= 4 is 17.5 Å². The number of anilines is 1. The van der Waals surface area contributed by atoms with Crippen LogP contribution in [0, 0.1) is 0 Å². The second-order valence-corrected chi connectivity index (χ2v) is 6.61. The minimum atomic E-state index is -0.633. The molecule has 8 nitrogen and oxygen atoms in total. The van der Waals surface area contributed by atoms with Crippen molar-refractivity contribution in [3.8, 4) is 5.75 Å². The summed E-state index contributed by atoms with van der Waals surface area (Å²) in [5.41, 5.74) is 2.62. The highest BCUT2D eigenvalue weighted by Gasteiger charge is 2.27. The van der Waals surface area contributed by atoms with E-state index < -0.39 is 6.10 Å². The van der Waals surface area contributed by atoms with Crippen LogP contribution >= 0.6 is 0 Å². The van der Waals surface area contributed by atoms with E-state index in [2.05, 4.69) is 5.10 Å². The van der Waals surface area contributed by atoms with Crippen LogP contribution in [0.5, 0.6) is 5.75 Å². The van der Waals surface area contributed by atoms with Gasteiger partial charge in [0.25, 0.3) is 11.8 Å². The van der Waals surface area contributed by atoms with Gasteiger partial charge in [-0.3, -0.25) is 14.3 Å². The van der Waals surface area contributed by atoms with Gasteiger partial charge < -0.3 is 19.6 Å². The van der Waals surface area contributed by atoms with Gasteiger partial charge in [0, 0.05) is 19.2 Å². The van der Waals surface area contributed by atoms with E-state index in [0.29, 0.717) is 42.3 Å². The number of aliphatic hydroxyl groups is 1. The molecule has 2 aliphatic heterocycles. The molecule has 0 unspecified atom stereocenters. The first-order chi connectivity index (χ1) is 12.4. The van der Waals surface area contributed by atoms with Crippen LogP contribution in [0.15, 0.2) is 24.3 Å². The van der Waals surface area contributed by atoms with E-state index >= 15 is 0 Å². The number of ether oxygens (including phenoxy) is 1. The number of carbonyl (C=O) groups is 2. The maximum absolute atomic E-state index is 12.9. The lowest BCUT2D eigenvalue weighted by molar-refractivity contribution is -0.120. The van der Waals surface area contributed by atoms with Crippen molar-refractivity contribution in [2.45, 2.75) is 26.1 Å². The molecule has 0 bridgehead atoms. The molecule has 4 rings (SSSR count). The molecule has 8 heteroatoms. The summed E-state index contributed by atoms with van der Waals surface area (Å²) in [6, 6.07) is 6.97. The number of amides is 2. The number of likely N-dealkylation sites (N-methyl/N-ethyl adjacent to an activating group) is 1. The molecule has 3 heterocycles. The van der Waals surface area contributed by atoms with Crippen LogP contribution in [0.1, 0.15) is 34.8 Å². The fourth-order valence-corrected chi connectivity index (χ4v) is 3.25. The van der Waals surface area contributed by atoms with Crippen molar-refractivity contribution in [2.75, 3.05) is 25.1 Å². The average Bonchev–Trinajstić information content (AvgIpc) is 3.07. The molecule has 0 aliphatic carbocycles. The largest absolute Gasteiger partial charge is 0.482 e. The molecule has 2 aromatic rings. The van der Waals surface area contributed by atoms with E-state index in [1.165, 1.54) is 4.90 Å². The van der Waals surface area contributed by atoms with Gasteiger partial charge in [-0.05, 0) is 31.2 Å². The first-order valence-electron chi connectivity index (χ1n) is 8.51. The van der Waals surface area contributed by atoms with Gasteiger partial charge >= 0.3 is 0 Å². The second-order valence-electron chi connectivity index (χ2n) is 6.61. The van der Waals surface area contributed by atoms with Crippen LogP contribution in [-0.2, 0) is 17.9 Å². The van der Waals surface area contributed by atoms with E-state index in [1.54, 1.807) is 37.1 Å². The number of aliphatic hydroxyl groups excluding tert-OH is 1. The zero-order valence-corrected chi connectivity index (χ0v) is 14.7. The zero-order chi connectivity index (χ0) is 18.4. The Morgan fingerprint density at radius 2 is 2.12 bits per heavy atom. The van der Waals surface area contributed by atoms with Gasteiger partial charge in [0.1, 0.15) is 5.75 Å². The van der Waals surface area contributed by atoms with Crippen molar-refractivity contribution in [3.63, 3.8) is 0 Å². The summed E-state index contributed by atoms with van der Waals surface area (Å²) < 4.78 is 7.24. The monoisotopic (exact) mass is 356 g/mol. The van der Waals surface area contributed by atoms with Crippen molar-refractivity contribution in [3.05, 3.63) is 41.2 Å². The van der Waals surface area contributed by atoms with Gasteiger partial charge in [0.2, 0.25) is 0 Å². The summed E-state index contributed by atoms with van der Waals surface area (Å²) in [6.07, 6.45) is -0.633. The minimum Gasteiger partial charge on any atom is -0.482 e. The number of nitrogens with zero attached hydrogens (tertiary/aromatic N) is 4. The summed E-state index contributed by atoms with van der Waals surface area (Å²) in [4.78, 5) is 28.0. The van der Waals surface area contributed by atoms with Crippen LogP contribution < -0.4 is 9.64 Å². The summed E-state index contributed by atoms with van der Waals surface area (Å²) >= 11 is 0. The van der Waals surface area contributed by atoms with E-state index in [1.807, 2.05) is 10.7 Å². The van der Waals surface area contributed by atoms with E-state index in [0.717, 1.165) is 5.69 Å². The first-order valence-corrected chi connectivity index (χ1v) is 8.51. The number of rotatable bonds is 2. The lowest BCUT2D eigenvalue weighted by Crippen LogP contribution is -2.39.